The van der Waals surface area contributed by atoms with Crippen LogP contribution >= 0.6 is 0 Å². The van der Waals surface area contributed by atoms with Crippen molar-refractivity contribution < 1.29 is 9.47 Å². The average molecular weight is 354 g/mol. The smallest absolute Gasteiger partial charge is 0.331 e. The van der Waals surface area contributed by atoms with E-state index in [2.05, 4.69) is 0 Å². The lowest BCUT2D eigenvalue weighted by atomic mass is 10.2. The molecule has 0 atom stereocenters. The van der Waals surface area contributed by atoms with Crippen molar-refractivity contribution in [3.63, 3.8) is 0 Å². The molecule has 1 aromatic heterocycles. The Morgan fingerprint density at radius 2 is 1.58 bits per heavy atom. The number of aryl methyl sites for hydroxylation is 1. The van der Waals surface area contributed by atoms with Crippen molar-refractivity contribution in [3.8, 4) is 11.5 Å². The summed E-state index contributed by atoms with van der Waals surface area (Å²) in [4.78, 5) is 26.0. The van der Waals surface area contributed by atoms with E-state index in [1.807, 2.05) is 37.3 Å². The molecule has 0 saturated heterocycles. The first-order valence-corrected chi connectivity index (χ1v) is 8.54. The molecule has 6 heteroatoms. The molecule has 0 fully saturated rings. The van der Waals surface area contributed by atoms with Gasteiger partial charge in [0.2, 0.25) is 0 Å². The predicted octanol–water partition coefficient (Wildman–Crippen LogP) is 2.64. The number of fused-ring (bicyclic) bond motifs is 1. The van der Waals surface area contributed by atoms with Crippen LogP contribution in [0.3, 0.4) is 0 Å². The number of benzene rings is 2. The maximum absolute atomic E-state index is 13.0. The third kappa shape index (κ3) is 3.10. The lowest BCUT2D eigenvalue weighted by molar-refractivity contribution is 0.355. The largest absolute Gasteiger partial charge is 0.493 e. The molecule has 0 radical (unpaired) electrons. The van der Waals surface area contributed by atoms with Crippen LogP contribution in [0.2, 0.25) is 0 Å². The Balaban J connectivity index is 2.32. The zero-order chi connectivity index (χ0) is 18.7. The van der Waals surface area contributed by atoms with E-state index in [4.69, 9.17) is 9.47 Å². The highest BCUT2D eigenvalue weighted by Crippen LogP contribution is 2.30. The van der Waals surface area contributed by atoms with Crippen LogP contribution in [-0.2, 0) is 13.1 Å². The van der Waals surface area contributed by atoms with Crippen molar-refractivity contribution in [2.75, 3.05) is 14.2 Å². The minimum atomic E-state index is -0.331. The van der Waals surface area contributed by atoms with E-state index in [-0.39, 0.29) is 17.8 Å². The van der Waals surface area contributed by atoms with E-state index in [1.54, 1.807) is 16.7 Å². The third-order valence-corrected chi connectivity index (χ3v) is 4.36. The molecule has 0 amide bonds. The van der Waals surface area contributed by atoms with E-state index in [0.717, 1.165) is 12.0 Å². The second-order valence-electron chi connectivity index (χ2n) is 6.04. The predicted molar refractivity (Wildman–Crippen MR) is 101 cm³/mol. The molecule has 0 aliphatic carbocycles. The van der Waals surface area contributed by atoms with Crippen LogP contribution in [-0.4, -0.2) is 23.4 Å². The summed E-state index contributed by atoms with van der Waals surface area (Å²) in [5.74, 6) is 0.953. The van der Waals surface area contributed by atoms with Crippen LogP contribution in [0.5, 0.6) is 11.5 Å². The molecule has 0 aliphatic heterocycles. The topological polar surface area (TPSA) is 62.5 Å². The minimum Gasteiger partial charge on any atom is -0.493 e. The molecule has 0 unspecified atom stereocenters. The van der Waals surface area contributed by atoms with Crippen molar-refractivity contribution in [1.82, 2.24) is 9.13 Å². The number of hydrogen-bond acceptors (Lipinski definition) is 4. The van der Waals surface area contributed by atoms with Crippen molar-refractivity contribution in [3.05, 3.63) is 68.9 Å². The summed E-state index contributed by atoms with van der Waals surface area (Å²) in [5, 5.41) is 0.437. The summed E-state index contributed by atoms with van der Waals surface area (Å²) in [6, 6.07) is 12.8. The van der Waals surface area contributed by atoms with E-state index >= 15 is 0 Å². The highest BCUT2D eigenvalue weighted by molar-refractivity contribution is 5.82. The number of methoxy groups -OCH3 is 2. The molecule has 136 valence electrons. The van der Waals surface area contributed by atoms with Crippen molar-refractivity contribution >= 4 is 10.9 Å². The average Bonchev–Trinajstić information content (AvgIpc) is 2.68. The maximum Gasteiger partial charge on any atom is 0.331 e. The van der Waals surface area contributed by atoms with Gasteiger partial charge >= 0.3 is 5.69 Å². The van der Waals surface area contributed by atoms with Gasteiger partial charge in [0.25, 0.3) is 5.56 Å². The summed E-state index contributed by atoms with van der Waals surface area (Å²) in [6.07, 6.45) is 0.771. The molecule has 3 rings (SSSR count). The Labute approximate surface area is 151 Å². The van der Waals surface area contributed by atoms with Crippen LogP contribution in [0.1, 0.15) is 18.9 Å². The van der Waals surface area contributed by atoms with Gasteiger partial charge in [-0.2, -0.15) is 0 Å². The van der Waals surface area contributed by atoms with Crippen LogP contribution < -0.4 is 20.7 Å². The highest BCUT2D eigenvalue weighted by Gasteiger charge is 2.16. The molecule has 6 nitrogen and oxygen atoms in total. The summed E-state index contributed by atoms with van der Waals surface area (Å²) in [5.41, 5.74) is 0.806. The van der Waals surface area contributed by atoms with Gasteiger partial charge in [-0.15, -0.1) is 0 Å². The third-order valence-electron chi connectivity index (χ3n) is 4.36. The summed E-state index contributed by atoms with van der Waals surface area (Å²) in [6.45, 7) is 2.73. The SMILES string of the molecule is CCCn1c(=O)n(Cc2ccccc2)c(=O)c2cc(OC)c(OC)cc21. The summed E-state index contributed by atoms with van der Waals surface area (Å²) >= 11 is 0. The van der Waals surface area contributed by atoms with E-state index < -0.39 is 0 Å². The van der Waals surface area contributed by atoms with Gasteiger partial charge in [-0.25, -0.2) is 4.79 Å². The van der Waals surface area contributed by atoms with E-state index in [0.29, 0.717) is 28.9 Å². The van der Waals surface area contributed by atoms with Crippen LogP contribution in [0.15, 0.2) is 52.1 Å². The lowest BCUT2D eigenvalue weighted by Crippen LogP contribution is -2.40. The van der Waals surface area contributed by atoms with Gasteiger partial charge in [-0.1, -0.05) is 37.3 Å². The molecule has 0 spiro atoms. The fourth-order valence-electron chi connectivity index (χ4n) is 3.09. The van der Waals surface area contributed by atoms with Crippen LogP contribution in [0.25, 0.3) is 10.9 Å². The first-order valence-electron chi connectivity index (χ1n) is 8.54. The first kappa shape index (κ1) is 17.8. The van der Waals surface area contributed by atoms with Gasteiger partial charge in [0, 0.05) is 12.6 Å². The van der Waals surface area contributed by atoms with Crippen molar-refractivity contribution in [2.45, 2.75) is 26.4 Å². The zero-order valence-electron chi connectivity index (χ0n) is 15.2. The number of hydrogen-bond donors (Lipinski definition) is 0. The molecule has 0 aliphatic rings. The summed E-state index contributed by atoms with van der Waals surface area (Å²) in [7, 11) is 3.05. The van der Waals surface area contributed by atoms with E-state index in [9.17, 15) is 9.59 Å². The van der Waals surface area contributed by atoms with Gasteiger partial charge in [-0.3, -0.25) is 13.9 Å². The molecule has 0 saturated carbocycles. The Morgan fingerprint density at radius 1 is 0.923 bits per heavy atom. The van der Waals surface area contributed by atoms with Crippen molar-refractivity contribution in [2.24, 2.45) is 0 Å². The second kappa shape index (κ2) is 7.47. The Hall–Kier alpha value is -3.02. The molecule has 0 bridgehead atoms. The summed E-state index contributed by atoms with van der Waals surface area (Å²) < 4.78 is 13.6. The van der Waals surface area contributed by atoms with Crippen LogP contribution in [0.4, 0.5) is 0 Å². The van der Waals surface area contributed by atoms with Gasteiger partial charge < -0.3 is 9.47 Å². The first-order chi connectivity index (χ1) is 12.6. The van der Waals surface area contributed by atoms with Gasteiger partial charge in [0.1, 0.15) is 0 Å². The second-order valence-corrected chi connectivity index (χ2v) is 6.04. The monoisotopic (exact) mass is 354 g/mol. The molecular weight excluding hydrogens is 332 g/mol. The lowest BCUT2D eigenvalue weighted by Gasteiger charge is -2.16. The standard InChI is InChI=1S/C20H22N2O4/c1-4-10-21-16-12-18(26-3)17(25-2)11-15(16)19(23)22(20(21)24)13-14-8-6-5-7-9-14/h5-9,11-12H,4,10,13H2,1-3H3. The fourth-order valence-corrected chi connectivity index (χ4v) is 3.09. The molecule has 26 heavy (non-hydrogen) atoms. The van der Waals surface area contributed by atoms with Gasteiger partial charge in [0.15, 0.2) is 11.5 Å². The quantitative estimate of drug-likeness (QED) is 0.683. The normalized spacial score (nSPS) is 10.9. The Kier molecular flexibility index (Phi) is 5.11. The van der Waals surface area contributed by atoms with Crippen molar-refractivity contribution in [1.29, 1.82) is 0 Å². The number of rotatable bonds is 6. The minimum absolute atomic E-state index is 0.229. The fraction of sp³-hybridized carbons (Fsp3) is 0.300. The van der Waals surface area contributed by atoms with Crippen LogP contribution in [0, 0.1) is 0 Å². The molecule has 0 N–H and O–H groups in total. The molecule has 1 heterocycles. The zero-order valence-corrected chi connectivity index (χ0v) is 15.2. The van der Waals surface area contributed by atoms with E-state index in [1.165, 1.54) is 18.8 Å². The molecular formula is C20H22N2O4. The van der Waals surface area contributed by atoms with Gasteiger partial charge in [0.05, 0.1) is 31.7 Å². The number of ether oxygens (including phenoxy) is 2. The number of nitrogens with zero attached hydrogens (tertiary/aromatic N) is 2. The maximum atomic E-state index is 13.0. The highest BCUT2D eigenvalue weighted by atomic mass is 16.5. The number of aromatic nitrogens is 2. The molecule has 2 aromatic carbocycles. The molecule has 3 aromatic rings. The van der Waals surface area contributed by atoms with Gasteiger partial charge in [-0.05, 0) is 18.1 Å². The Bertz CT molecular complexity index is 1040. The Morgan fingerprint density at radius 3 is 2.19 bits per heavy atom.